The van der Waals surface area contributed by atoms with Gasteiger partial charge < -0.3 is 24.0 Å². The Balaban J connectivity index is 1.25. The number of ether oxygens (including phenoxy) is 3. The average molecular weight is 449 g/mol. The molecule has 4 heterocycles. The molecule has 3 fully saturated rings. The molecule has 0 N–H and O–H groups in total. The molecule has 2 aromatic rings. The maximum atomic E-state index is 13.2. The molecule has 8 nitrogen and oxygen atoms in total. The fraction of sp³-hybridized carbons (Fsp3) is 0.480. The molecule has 8 heteroatoms. The van der Waals surface area contributed by atoms with Gasteiger partial charge >= 0.3 is 0 Å². The highest BCUT2D eigenvalue weighted by Gasteiger charge is 2.47. The Hall–Kier alpha value is -3.15. The van der Waals surface area contributed by atoms with Crippen LogP contribution in [-0.4, -0.2) is 67.9 Å². The number of anilines is 1. The van der Waals surface area contributed by atoms with Crippen LogP contribution < -0.4 is 9.64 Å². The van der Waals surface area contributed by atoms with Gasteiger partial charge in [0.05, 0.1) is 31.9 Å². The molecule has 3 saturated heterocycles. The second-order valence-electron chi connectivity index (χ2n) is 9.16. The van der Waals surface area contributed by atoms with Crippen LogP contribution >= 0.6 is 0 Å². The van der Waals surface area contributed by atoms with E-state index in [4.69, 9.17) is 19.5 Å². The summed E-state index contributed by atoms with van der Waals surface area (Å²) in [5.41, 5.74) is 0.909. The fourth-order valence-electron chi connectivity index (χ4n) is 5.21. The Labute approximate surface area is 193 Å². The van der Waals surface area contributed by atoms with E-state index in [9.17, 15) is 4.79 Å². The lowest BCUT2D eigenvalue weighted by atomic mass is 9.91. The minimum Gasteiger partial charge on any atom is -0.497 e. The standard InChI is InChI=1S/C25H28N4O4/c1-17-8-20-12-28(13-22(17)29(20)23-7-6-18(10-26)11-27-23)24(30)14-33-25(15-32-16-25)19-4-3-5-21(9-19)31-2/h3-7,9,11,17,20,22H,8,12-16H2,1-2H3/t17-,20?,22?/m0/s1. The summed E-state index contributed by atoms with van der Waals surface area (Å²) >= 11 is 0. The quantitative estimate of drug-likeness (QED) is 0.670. The zero-order valence-electron chi connectivity index (χ0n) is 18.9. The van der Waals surface area contributed by atoms with Gasteiger partial charge in [-0.05, 0) is 42.2 Å². The third-order valence-electron chi connectivity index (χ3n) is 7.12. The van der Waals surface area contributed by atoms with E-state index in [2.05, 4.69) is 22.9 Å². The molecule has 1 aromatic carbocycles. The van der Waals surface area contributed by atoms with Gasteiger partial charge in [-0.3, -0.25) is 4.79 Å². The van der Waals surface area contributed by atoms with E-state index in [1.54, 1.807) is 19.4 Å². The number of benzene rings is 1. The molecule has 0 saturated carbocycles. The van der Waals surface area contributed by atoms with Crippen LogP contribution in [0, 0.1) is 17.2 Å². The molecule has 0 spiro atoms. The van der Waals surface area contributed by atoms with Crippen molar-refractivity contribution >= 4 is 11.7 Å². The van der Waals surface area contributed by atoms with Crippen molar-refractivity contribution in [3.8, 4) is 11.8 Å². The molecule has 2 unspecified atom stereocenters. The van der Waals surface area contributed by atoms with Crippen molar-refractivity contribution in [2.24, 2.45) is 5.92 Å². The maximum absolute atomic E-state index is 13.2. The number of methoxy groups -OCH3 is 1. The molecule has 1 amide bonds. The first kappa shape index (κ1) is 21.7. The van der Waals surface area contributed by atoms with Crippen LogP contribution in [0.5, 0.6) is 5.75 Å². The van der Waals surface area contributed by atoms with Crippen LogP contribution in [0.2, 0.25) is 0 Å². The normalized spacial score (nSPS) is 25.3. The molecule has 0 radical (unpaired) electrons. The Morgan fingerprint density at radius 3 is 2.79 bits per heavy atom. The Morgan fingerprint density at radius 1 is 1.30 bits per heavy atom. The minimum absolute atomic E-state index is 0.000656. The van der Waals surface area contributed by atoms with E-state index in [1.165, 1.54) is 0 Å². The molecule has 1 aromatic heterocycles. The van der Waals surface area contributed by atoms with Crippen molar-refractivity contribution in [1.29, 1.82) is 5.26 Å². The third-order valence-corrected chi connectivity index (χ3v) is 7.12. The molecule has 0 aliphatic carbocycles. The SMILES string of the molecule is COc1cccc(C2(OCC(=O)N3CC4C[C@H](C)C(C3)N4c3ccc(C#N)cn3)COC2)c1. The van der Waals surface area contributed by atoms with Crippen LogP contribution in [0.15, 0.2) is 42.6 Å². The van der Waals surface area contributed by atoms with E-state index < -0.39 is 5.60 Å². The van der Waals surface area contributed by atoms with E-state index in [0.717, 1.165) is 23.6 Å². The number of hydrogen-bond acceptors (Lipinski definition) is 7. The molecule has 2 bridgehead atoms. The topological polar surface area (TPSA) is 87.9 Å². The molecule has 3 aliphatic heterocycles. The molecule has 3 atom stereocenters. The van der Waals surface area contributed by atoms with Crippen molar-refractivity contribution in [1.82, 2.24) is 9.88 Å². The van der Waals surface area contributed by atoms with Crippen molar-refractivity contribution in [3.05, 3.63) is 53.7 Å². The van der Waals surface area contributed by atoms with Gasteiger partial charge in [-0.15, -0.1) is 0 Å². The minimum atomic E-state index is -0.606. The predicted molar refractivity (Wildman–Crippen MR) is 121 cm³/mol. The van der Waals surface area contributed by atoms with E-state index in [-0.39, 0.29) is 24.6 Å². The highest BCUT2D eigenvalue weighted by molar-refractivity contribution is 5.78. The molecule has 172 valence electrons. The highest BCUT2D eigenvalue weighted by atomic mass is 16.6. The lowest BCUT2D eigenvalue weighted by Crippen LogP contribution is -2.58. The number of fused-ring (bicyclic) bond motifs is 2. The molecular formula is C25H28N4O4. The second kappa shape index (κ2) is 8.65. The summed E-state index contributed by atoms with van der Waals surface area (Å²) in [6.45, 7) is 4.39. The van der Waals surface area contributed by atoms with Crippen molar-refractivity contribution < 1.29 is 19.0 Å². The van der Waals surface area contributed by atoms with Gasteiger partial charge in [0.15, 0.2) is 0 Å². The van der Waals surface area contributed by atoms with Gasteiger partial charge in [0.2, 0.25) is 5.91 Å². The van der Waals surface area contributed by atoms with Gasteiger partial charge in [0.25, 0.3) is 0 Å². The first-order valence-electron chi connectivity index (χ1n) is 11.3. The second-order valence-corrected chi connectivity index (χ2v) is 9.16. The number of hydrogen-bond donors (Lipinski definition) is 0. The zero-order valence-corrected chi connectivity index (χ0v) is 18.9. The lowest BCUT2D eigenvalue weighted by Gasteiger charge is -2.44. The molecular weight excluding hydrogens is 420 g/mol. The lowest BCUT2D eigenvalue weighted by molar-refractivity contribution is -0.218. The summed E-state index contributed by atoms with van der Waals surface area (Å²) in [4.78, 5) is 21.9. The van der Waals surface area contributed by atoms with Gasteiger partial charge in [0, 0.05) is 25.3 Å². The molecule has 33 heavy (non-hydrogen) atoms. The summed E-state index contributed by atoms with van der Waals surface area (Å²) in [6, 6.07) is 14.0. The Bertz CT molecular complexity index is 1060. The van der Waals surface area contributed by atoms with Crippen LogP contribution in [0.4, 0.5) is 5.82 Å². The number of likely N-dealkylation sites (tertiary alicyclic amines) is 1. The van der Waals surface area contributed by atoms with E-state index in [0.29, 0.717) is 37.8 Å². The van der Waals surface area contributed by atoms with Crippen LogP contribution in [-0.2, 0) is 19.9 Å². The van der Waals surface area contributed by atoms with Crippen molar-refractivity contribution in [2.45, 2.75) is 31.0 Å². The number of rotatable bonds is 6. The van der Waals surface area contributed by atoms with Crippen LogP contribution in [0.1, 0.15) is 24.5 Å². The first-order chi connectivity index (χ1) is 16.0. The maximum Gasteiger partial charge on any atom is 0.248 e. The number of pyridine rings is 1. The summed E-state index contributed by atoms with van der Waals surface area (Å²) < 4.78 is 17.0. The number of nitrogens with zero attached hydrogens (tertiary/aromatic N) is 4. The first-order valence-corrected chi connectivity index (χ1v) is 11.3. The fourth-order valence-corrected chi connectivity index (χ4v) is 5.21. The Morgan fingerprint density at radius 2 is 2.15 bits per heavy atom. The van der Waals surface area contributed by atoms with Gasteiger partial charge in [-0.25, -0.2) is 4.98 Å². The monoisotopic (exact) mass is 448 g/mol. The van der Waals surface area contributed by atoms with Crippen LogP contribution in [0.25, 0.3) is 0 Å². The van der Waals surface area contributed by atoms with Crippen LogP contribution in [0.3, 0.4) is 0 Å². The summed E-state index contributed by atoms with van der Waals surface area (Å²) in [5.74, 6) is 2.09. The van der Waals surface area contributed by atoms with Gasteiger partial charge in [-0.2, -0.15) is 5.26 Å². The smallest absolute Gasteiger partial charge is 0.248 e. The number of aromatic nitrogens is 1. The highest BCUT2D eigenvalue weighted by Crippen LogP contribution is 2.38. The van der Waals surface area contributed by atoms with E-state index >= 15 is 0 Å². The summed E-state index contributed by atoms with van der Waals surface area (Å²) in [5, 5.41) is 9.05. The number of nitriles is 1. The number of amides is 1. The third kappa shape index (κ3) is 3.92. The zero-order chi connectivity index (χ0) is 23.0. The van der Waals surface area contributed by atoms with E-state index in [1.807, 2.05) is 35.2 Å². The predicted octanol–water partition coefficient (Wildman–Crippen LogP) is 2.33. The molecule has 5 rings (SSSR count). The largest absolute Gasteiger partial charge is 0.497 e. The van der Waals surface area contributed by atoms with Crippen molar-refractivity contribution in [2.75, 3.05) is 44.9 Å². The summed E-state index contributed by atoms with van der Waals surface area (Å²) in [7, 11) is 1.63. The number of carbonyl (C=O) groups excluding carboxylic acids is 1. The Kier molecular flexibility index (Phi) is 5.69. The van der Waals surface area contributed by atoms with Gasteiger partial charge in [-0.1, -0.05) is 19.1 Å². The van der Waals surface area contributed by atoms with Gasteiger partial charge in [0.1, 0.15) is 29.8 Å². The average Bonchev–Trinajstić information content (AvgIpc) is 3.02. The number of carbonyl (C=O) groups is 1. The number of piperazine rings is 1. The summed E-state index contributed by atoms with van der Waals surface area (Å²) in [6.07, 6.45) is 2.63. The molecule has 3 aliphatic rings. The van der Waals surface area contributed by atoms with Crippen molar-refractivity contribution in [3.63, 3.8) is 0 Å².